The van der Waals surface area contributed by atoms with Gasteiger partial charge in [0.15, 0.2) is 5.82 Å². The summed E-state index contributed by atoms with van der Waals surface area (Å²) in [5.74, 6) is 0.364. The number of aryl methyl sites for hydroxylation is 1. The van der Waals surface area contributed by atoms with E-state index in [0.717, 1.165) is 0 Å². The largest absolute Gasteiger partial charge is 0.497 e. The minimum Gasteiger partial charge on any atom is -0.497 e. The number of fused-ring (bicyclic) bond motifs is 1. The summed E-state index contributed by atoms with van der Waals surface area (Å²) < 4.78 is 21.8. The Morgan fingerprint density at radius 2 is 1.97 bits per heavy atom. The van der Waals surface area contributed by atoms with E-state index in [-0.39, 0.29) is 11.8 Å². The minimum absolute atomic E-state index is 0.196. The molecule has 0 saturated carbocycles. The Hall–Kier alpha value is -3.33. The fourth-order valence-electron chi connectivity index (χ4n) is 4.58. The highest BCUT2D eigenvalue weighted by molar-refractivity contribution is 6.05. The fraction of sp³-hybridized carbons (Fsp3) is 0.381. The third-order valence-electron chi connectivity index (χ3n) is 5.91. The van der Waals surface area contributed by atoms with Crippen LogP contribution in [0.4, 0.5) is 11.5 Å². The van der Waals surface area contributed by atoms with E-state index in [0.29, 0.717) is 35.3 Å². The van der Waals surface area contributed by atoms with Crippen LogP contribution >= 0.6 is 0 Å². The van der Waals surface area contributed by atoms with Crippen molar-refractivity contribution in [2.24, 2.45) is 11.8 Å². The lowest BCUT2D eigenvalue weighted by Gasteiger charge is -2.23. The Morgan fingerprint density at radius 3 is 2.60 bits per heavy atom. The van der Waals surface area contributed by atoms with Crippen molar-refractivity contribution in [2.45, 2.75) is 18.6 Å². The predicted molar refractivity (Wildman–Crippen MR) is 105 cm³/mol. The first-order valence-corrected chi connectivity index (χ1v) is 9.60. The summed E-state index contributed by atoms with van der Waals surface area (Å²) in [4.78, 5) is 28.0. The van der Waals surface area contributed by atoms with Crippen molar-refractivity contribution in [1.29, 1.82) is 0 Å². The number of anilines is 2. The van der Waals surface area contributed by atoms with Crippen molar-refractivity contribution in [1.82, 2.24) is 5.16 Å². The number of nitrogens with zero attached hydrogens (tertiary/aromatic N) is 2. The van der Waals surface area contributed by atoms with Gasteiger partial charge in [-0.25, -0.2) is 0 Å². The van der Waals surface area contributed by atoms with Gasteiger partial charge >= 0.3 is 0 Å². The standard InChI is InChI=1S/C21H21N3O6/c1-11-6-16(23-30-11)24-10-21-5-4-15(29-21)17(18(21)20(24)26)19(25)22-12-7-13(27-2)9-14(8-12)28-3/h4-9,15,17-18H,10H2,1-3H3,(H,22,25). The smallest absolute Gasteiger partial charge is 0.235 e. The molecule has 30 heavy (non-hydrogen) atoms. The van der Waals surface area contributed by atoms with Crippen LogP contribution in [0, 0.1) is 18.8 Å². The van der Waals surface area contributed by atoms with Gasteiger partial charge in [0.1, 0.15) is 22.9 Å². The number of carbonyl (C=O) groups is 2. The number of amides is 2. The van der Waals surface area contributed by atoms with Crippen molar-refractivity contribution in [2.75, 3.05) is 31.0 Å². The molecule has 2 saturated heterocycles. The van der Waals surface area contributed by atoms with Gasteiger partial charge in [-0.15, -0.1) is 0 Å². The van der Waals surface area contributed by atoms with Crippen LogP contribution in [0.5, 0.6) is 11.5 Å². The van der Waals surface area contributed by atoms with Crippen molar-refractivity contribution < 1.29 is 28.3 Å². The number of ether oxygens (including phenoxy) is 3. The maximum atomic E-state index is 13.3. The van der Waals surface area contributed by atoms with E-state index in [2.05, 4.69) is 10.5 Å². The maximum absolute atomic E-state index is 13.3. The lowest BCUT2D eigenvalue weighted by molar-refractivity contribution is -0.128. The first-order chi connectivity index (χ1) is 14.4. The molecule has 4 heterocycles. The summed E-state index contributed by atoms with van der Waals surface area (Å²) in [6.07, 6.45) is 3.30. The molecular weight excluding hydrogens is 390 g/mol. The number of methoxy groups -OCH3 is 2. The Balaban J connectivity index is 1.42. The summed E-state index contributed by atoms with van der Waals surface area (Å²) in [6.45, 7) is 2.06. The highest BCUT2D eigenvalue weighted by atomic mass is 16.5. The zero-order valence-electron chi connectivity index (χ0n) is 16.7. The van der Waals surface area contributed by atoms with Crippen LogP contribution in [0.25, 0.3) is 0 Å². The summed E-state index contributed by atoms with van der Waals surface area (Å²) in [5.41, 5.74) is -0.311. The molecule has 3 aliphatic heterocycles. The number of aromatic nitrogens is 1. The summed E-state index contributed by atoms with van der Waals surface area (Å²) in [7, 11) is 3.08. The van der Waals surface area contributed by atoms with E-state index < -0.39 is 23.5 Å². The van der Waals surface area contributed by atoms with Crippen molar-refractivity contribution >= 4 is 23.3 Å². The molecule has 1 aromatic heterocycles. The van der Waals surface area contributed by atoms with Crippen LogP contribution in [-0.4, -0.2) is 49.4 Å². The van der Waals surface area contributed by atoms with Crippen LogP contribution in [0.2, 0.25) is 0 Å². The number of benzene rings is 1. The number of carbonyl (C=O) groups excluding carboxylic acids is 2. The predicted octanol–water partition coefficient (Wildman–Crippen LogP) is 1.93. The Bertz CT molecular complexity index is 1040. The lowest BCUT2D eigenvalue weighted by Crippen LogP contribution is -2.41. The molecule has 9 heteroatoms. The second-order valence-electron chi connectivity index (χ2n) is 7.71. The van der Waals surface area contributed by atoms with Gasteiger partial charge in [-0.3, -0.25) is 14.5 Å². The molecule has 2 bridgehead atoms. The van der Waals surface area contributed by atoms with Gasteiger partial charge in [-0.05, 0) is 6.92 Å². The van der Waals surface area contributed by atoms with Gasteiger partial charge in [0.25, 0.3) is 0 Å². The van der Waals surface area contributed by atoms with Crippen LogP contribution < -0.4 is 19.7 Å². The topological polar surface area (TPSA) is 103 Å². The van der Waals surface area contributed by atoms with Crippen LogP contribution in [0.1, 0.15) is 5.76 Å². The first-order valence-electron chi connectivity index (χ1n) is 9.60. The maximum Gasteiger partial charge on any atom is 0.235 e. The van der Waals surface area contributed by atoms with E-state index in [9.17, 15) is 9.59 Å². The van der Waals surface area contributed by atoms with Gasteiger partial charge in [-0.2, -0.15) is 0 Å². The van der Waals surface area contributed by atoms with E-state index >= 15 is 0 Å². The number of rotatable bonds is 5. The Kier molecular flexibility index (Phi) is 4.11. The number of hydrogen-bond acceptors (Lipinski definition) is 7. The Morgan fingerprint density at radius 1 is 1.23 bits per heavy atom. The average Bonchev–Trinajstić information content (AvgIpc) is 3.48. The van der Waals surface area contributed by atoms with Crippen molar-refractivity contribution in [3.63, 3.8) is 0 Å². The van der Waals surface area contributed by atoms with Crippen LogP contribution in [-0.2, 0) is 14.3 Å². The fourth-order valence-corrected chi connectivity index (χ4v) is 4.58. The van der Waals surface area contributed by atoms with Crippen molar-refractivity contribution in [3.8, 4) is 11.5 Å². The van der Waals surface area contributed by atoms with Gasteiger partial charge in [0.05, 0.1) is 38.7 Å². The normalized spacial score (nSPS) is 28.7. The molecule has 4 unspecified atom stereocenters. The van der Waals surface area contributed by atoms with Gasteiger partial charge in [0, 0.05) is 30.0 Å². The number of nitrogens with one attached hydrogen (secondary N) is 1. The zero-order valence-corrected chi connectivity index (χ0v) is 16.7. The van der Waals surface area contributed by atoms with E-state index in [1.807, 2.05) is 12.2 Å². The molecule has 1 aromatic carbocycles. The molecule has 156 valence electrons. The molecule has 5 rings (SSSR count). The quantitative estimate of drug-likeness (QED) is 0.750. The summed E-state index contributed by atoms with van der Waals surface area (Å²) in [6, 6.07) is 6.80. The molecule has 2 fully saturated rings. The molecule has 1 spiro atoms. The Labute approximate surface area is 172 Å². The molecule has 4 atom stereocenters. The van der Waals surface area contributed by atoms with E-state index in [1.54, 1.807) is 31.2 Å². The molecule has 1 N–H and O–H groups in total. The SMILES string of the molecule is COc1cc(NC(=O)C2C3C=CC4(CN(c5cc(C)on5)C(=O)C24)O3)cc(OC)c1. The highest BCUT2D eigenvalue weighted by Crippen LogP contribution is 2.52. The van der Waals surface area contributed by atoms with Crippen LogP contribution in [0.3, 0.4) is 0 Å². The van der Waals surface area contributed by atoms with E-state index in [1.165, 1.54) is 19.1 Å². The molecule has 2 amide bonds. The summed E-state index contributed by atoms with van der Waals surface area (Å²) in [5, 5.41) is 6.84. The molecule has 3 aliphatic rings. The molecule has 9 nitrogen and oxygen atoms in total. The molecule has 0 aliphatic carbocycles. The third-order valence-corrected chi connectivity index (χ3v) is 5.91. The molecule has 2 aromatic rings. The highest BCUT2D eigenvalue weighted by Gasteiger charge is 2.67. The lowest BCUT2D eigenvalue weighted by atomic mass is 9.77. The zero-order chi connectivity index (χ0) is 21.0. The molecule has 0 radical (unpaired) electrons. The number of hydrogen-bond donors (Lipinski definition) is 1. The molecular formula is C21H21N3O6. The van der Waals surface area contributed by atoms with Crippen LogP contribution in [0.15, 0.2) is 40.9 Å². The monoisotopic (exact) mass is 411 g/mol. The van der Waals surface area contributed by atoms with Gasteiger partial charge < -0.3 is 24.1 Å². The first kappa shape index (κ1) is 18.7. The second kappa shape index (κ2) is 6.60. The van der Waals surface area contributed by atoms with Crippen molar-refractivity contribution in [3.05, 3.63) is 42.2 Å². The van der Waals surface area contributed by atoms with Gasteiger partial charge in [0.2, 0.25) is 11.8 Å². The van der Waals surface area contributed by atoms with Gasteiger partial charge in [-0.1, -0.05) is 17.3 Å². The average molecular weight is 411 g/mol. The summed E-state index contributed by atoms with van der Waals surface area (Å²) >= 11 is 0. The van der Waals surface area contributed by atoms with E-state index in [4.69, 9.17) is 18.7 Å². The third kappa shape index (κ3) is 2.69. The minimum atomic E-state index is -0.831. The second-order valence-corrected chi connectivity index (χ2v) is 7.71.